The lowest BCUT2D eigenvalue weighted by Crippen LogP contribution is -2.20. The number of anilines is 1. The highest BCUT2D eigenvalue weighted by molar-refractivity contribution is 5.48. The Morgan fingerprint density at radius 3 is 2.72 bits per heavy atom. The van der Waals surface area contributed by atoms with E-state index in [0.717, 1.165) is 25.7 Å². The Balaban J connectivity index is 2.19. The zero-order chi connectivity index (χ0) is 13.0. The lowest BCUT2D eigenvalue weighted by molar-refractivity contribution is -0.386. The van der Waals surface area contributed by atoms with Gasteiger partial charge in [-0.2, -0.15) is 4.98 Å². The van der Waals surface area contributed by atoms with Gasteiger partial charge in [0.15, 0.2) is 0 Å². The van der Waals surface area contributed by atoms with E-state index in [2.05, 4.69) is 10.3 Å². The number of hydrogen-bond acceptors (Lipinski definition) is 5. The molecular formula is C12H17N3O3. The molecule has 0 bridgehead atoms. The van der Waals surface area contributed by atoms with E-state index in [1.807, 2.05) is 0 Å². The van der Waals surface area contributed by atoms with Crippen molar-refractivity contribution in [3.8, 4) is 5.88 Å². The molecule has 0 aliphatic heterocycles. The molecule has 6 heteroatoms. The van der Waals surface area contributed by atoms with Crippen molar-refractivity contribution >= 4 is 11.5 Å². The first-order chi connectivity index (χ1) is 8.70. The third-order valence-corrected chi connectivity index (χ3v) is 3.12. The molecule has 0 aromatic carbocycles. The van der Waals surface area contributed by atoms with Gasteiger partial charge < -0.3 is 10.1 Å². The van der Waals surface area contributed by atoms with Gasteiger partial charge in [-0.1, -0.05) is 6.42 Å². The van der Waals surface area contributed by atoms with E-state index in [1.54, 1.807) is 13.1 Å². The molecule has 1 fully saturated rings. The second kappa shape index (κ2) is 5.66. The molecule has 1 N–H and O–H groups in total. The van der Waals surface area contributed by atoms with Crippen molar-refractivity contribution in [2.75, 3.05) is 12.4 Å². The fraction of sp³-hybridized carbons (Fsp3) is 0.583. The van der Waals surface area contributed by atoms with Crippen LogP contribution in [0.15, 0.2) is 12.1 Å². The Bertz CT molecular complexity index is 431. The summed E-state index contributed by atoms with van der Waals surface area (Å²) in [6.07, 6.45) is 5.39. The van der Waals surface area contributed by atoms with Crippen LogP contribution in [-0.2, 0) is 0 Å². The van der Waals surface area contributed by atoms with Crippen LogP contribution in [0.5, 0.6) is 5.88 Å². The van der Waals surface area contributed by atoms with Crippen LogP contribution in [-0.4, -0.2) is 23.1 Å². The maximum Gasteiger partial charge on any atom is 0.331 e. The summed E-state index contributed by atoms with van der Waals surface area (Å²) < 4.78 is 5.70. The number of ether oxygens (including phenoxy) is 1. The maximum atomic E-state index is 10.9. The highest BCUT2D eigenvalue weighted by Crippen LogP contribution is 2.30. The number of nitrogens with one attached hydrogen (secondary N) is 1. The Morgan fingerprint density at radius 2 is 2.11 bits per heavy atom. The summed E-state index contributed by atoms with van der Waals surface area (Å²) in [6.45, 7) is 0. The van der Waals surface area contributed by atoms with Crippen molar-refractivity contribution in [3.05, 3.63) is 22.2 Å². The standard InChI is InChI=1S/C12H17N3O3/c1-13-11-8-7-10(15(16)17)12(14-11)18-9-5-3-2-4-6-9/h7-9H,2-6H2,1H3,(H,13,14). The molecule has 18 heavy (non-hydrogen) atoms. The first-order valence-electron chi connectivity index (χ1n) is 6.20. The van der Waals surface area contributed by atoms with Crippen molar-refractivity contribution in [2.45, 2.75) is 38.2 Å². The molecule has 1 aromatic heterocycles. The minimum absolute atomic E-state index is 0.0528. The lowest BCUT2D eigenvalue weighted by Gasteiger charge is -2.22. The number of nitrogens with zero attached hydrogens (tertiary/aromatic N) is 2. The predicted molar refractivity (Wildman–Crippen MR) is 67.9 cm³/mol. The van der Waals surface area contributed by atoms with E-state index in [1.165, 1.54) is 12.5 Å². The number of rotatable bonds is 4. The van der Waals surface area contributed by atoms with Crippen LogP contribution in [0.25, 0.3) is 0 Å². The second-order valence-corrected chi connectivity index (χ2v) is 4.41. The minimum atomic E-state index is -0.454. The SMILES string of the molecule is CNc1ccc([N+](=O)[O-])c(OC2CCCCC2)n1. The summed E-state index contributed by atoms with van der Waals surface area (Å²) in [5.41, 5.74) is -0.0698. The van der Waals surface area contributed by atoms with E-state index in [-0.39, 0.29) is 17.7 Å². The summed E-state index contributed by atoms with van der Waals surface area (Å²) in [7, 11) is 1.72. The topological polar surface area (TPSA) is 77.3 Å². The van der Waals surface area contributed by atoms with Crippen LogP contribution < -0.4 is 10.1 Å². The Hall–Kier alpha value is -1.85. The van der Waals surface area contributed by atoms with Crippen molar-refractivity contribution < 1.29 is 9.66 Å². The predicted octanol–water partition coefficient (Wildman–Crippen LogP) is 2.74. The van der Waals surface area contributed by atoms with Crippen LogP contribution in [0, 0.1) is 10.1 Å². The van der Waals surface area contributed by atoms with Gasteiger partial charge in [0, 0.05) is 13.1 Å². The quantitative estimate of drug-likeness (QED) is 0.657. The molecule has 98 valence electrons. The van der Waals surface area contributed by atoms with Gasteiger partial charge in [-0.3, -0.25) is 10.1 Å². The van der Waals surface area contributed by atoms with Crippen molar-refractivity contribution in [1.82, 2.24) is 4.98 Å². The number of pyridine rings is 1. The van der Waals surface area contributed by atoms with Crippen LogP contribution in [0.3, 0.4) is 0 Å². The van der Waals surface area contributed by atoms with Crippen LogP contribution in [0.2, 0.25) is 0 Å². The fourth-order valence-corrected chi connectivity index (χ4v) is 2.14. The number of nitro groups is 1. The van der Waals surface area contributed by atoms with Gasteiger partial charge in [-0.05, 0) is 31.7 Å². The summed E-state index contributed by atoms with van der Waals surface area (Å²) in [4.78, 5) is 14.6. The van der Waals surface area contributed by atoms with Gasteiger partial charge in [0.05, 0.1) is 4.92 Å². The van der Waals surface area contributed by atoms with E-state index in [4.69, 9.17) is 4.74 Å². The molecule has 1 saturated carbocycles. The molecule has 1 aromatic rings. The van der Waals surface area contributed by atoms with Crippen molar-refractivity contribution in [1.29, 1.82) is 0 Å². The largest absolute Gasteiger partial charge is 0.469 e. The van der Waals surface area contributed by atoms with Gasteiger partial charge in [0.1, 0.15) is 11.9 Å². The molecule has 6 nitrogen and oxygen atoms in total. The molecule has 1 aliphatic carbocycles. The molecule has 2 rings (SSSR count). The molecule has 1 aliphatic rings. The second-order valence-electron chi connectivity index (χ2n) is 4.41. The Labute approximate surface area is 106 Å². The highest BCUT2D eigenvalue weighted by Gasteiger charge is 2.22. The third kappa shape index (κ3) is 2.88. The van der Waals surface area contributed by atoms with E-state index < -0.39 is 4.92 Å². The van der Waals surface area contributed by atoms with Gasteiger partial charge in [-0.25, -0.2) is 0 Å². The monoisotopic (exact) mass is 251 g/mol. The molecule has 0 unspecified atom stereocenters. The number of hydrogen-bond donors (Lipinski definition) is 1. The van der Waals surface area contributed by atoms with Gasteiger partial charge >= 0.3 is 5.69 Å². The summed E-state index contributed by atoms with van der Waals surface area (Å²) >= 11 is 0. The fourth-order valence-electron chi connectivity index (χ4n) is 2.14. The molecule has 0 radical (unpaired) electrons. The van der Waals surface area contributed by atoms with Gasteiger partial charge in [0.25, 0.3) is 5.88 Å². The van der Waals surface area contributed by atoms with Crippen molar-refractivity contribution in [3.63, 3.8) is 0 Å². The van der Waals surface area contributed by atoms with Crippen LogP contribution in [0.1, 0.15) is 32.1 Å². The molecule has 0 spiro atoms. The lowest BCUT2D eigenvalue weighted by atomic mass is 9.98. The summed E-state index contributed by atoms with van der Waals surface area (Å²) in [6, 6.07) is 3.00. The first-order valence-corrected chi connectivity index (χ1v) is 6.20. The van der Waals surface area contributed by atoms with E-state index in [9.17, 15) is 10.1 Å². The average Bonchev–Trinajstić information content (AvgIpc) is 2.39. The van der Waals surface area contributed by atoms with E-state index >= 15 is 0 Å². The first kappa shape index (κ1) is 12.6. The smallest absolute Gasteiger partial charge is 0.331 e. The number of aromatic nitrogens is 1. The van der Waals surface area contributed by atoms with Crippen LogP contribution in [0.4, 0.5) is 11.5 Å². The Morgan fingerprint density at radius 1 is 1.39 bits per heavy atom. The maximum absolute atomic E-state index is 10.9. The highest BCUT2D eigenvalue weighted by atomic mass is 16.6. The summed E-state index contributed by atoms with van der Waals surface area (Å²) in [5, 5.41) is 13.8. The normalized spacial score (nSPS) is 16.3. The molecule has 0 amide bonds. The summed E-state index contributed by atoms with van der Waals surface area (Å²) in [5.74, 6) is 0.699. The third-order valence-electron chi connectivity index (χ3n) is 3.12. The Kier molecular flexibility index (Phi) is 3.96. The van der Waals surface area contributed by atoms with Crippen LogP contribution >= 0.6 is 0 Å². The van der Waals surface area contributed by atoms with E-state index in [0.29, 0.717) is 5.82 Å². The zero-order valence-electron chi connectivity index (χ0n) is 10.4. The average molecular weight is 251 g/mol. The van der Waals surface area contributed by atoms with Gasteiger partial charge in [-0.15, -0.1) is 0 Å². The molecule has 1 heterocycles. The molecule has 0 saturated heterocycles. The molecular weight excluding hydrogens is 234 g/mol. The molecule has 0 atom stereocenters. The van der Waals surface area contributed by atoms with Crippen molar-refractivity contribution in [2.24, 2.45) is 0 Å². The minimum Gasteiger partial charge on any atom is -0.469 e. The van der Waals surface area contributed by atoms with Gasteiger partial charge in [0.2, 0.25) is 0 Å². The zero-order valence-corrected chi connectivity index (χ0v) is 10.4.